The fraction of sp³-hybridized carbons (Fsp3) is 0.304. The summed E-state index contributed by atoms with van der Waals surface area (Å²) in [6.07, 6.45) is 1.85. The molecule has 0 saturated heterocycles. The van der Waals surface area contributed by atoms with Crippen molar-refractivity contribution in [3.05, 3.63) is 59.2 Å². The van der Waals surface area contributed by atoms with Gasteiger partial charge in [-0.25, -0.2) is 8.42 Å². The molecule has 2 aromatic carbocycles. The molecule has 0 amide bonds. The number of rotatable bonds is 6. The lowest BCUT2D eigenvalue weighted by atomic mass is 9.72. The molecular weight excluding hydrogens is 492 g/mol. The first kappa shape index (κ1) is 24.9. The largest absolute Gasteiger partial charge is 0.506 e. The second kappa shape index (κ2) is 8.47. The topological polar surface area (TPSA) is 168 Å². The van der Waals surface area contributed by atoms with E-state index in [1.165, 1.54) is 12.1 Å². The van der Waals surface area contributed by atoms with Crippen molar-refractivity contribution in [1.29, 1.82) is 0 Å². The quantitative estimate of drug-likeness (QED) is 0.452. The monoisotopic (exact) mass is 518 g/mol. The van der Waals surface area contributed by atoms with Crippen LogP contribution >= 0.6 is 0 Å². The van der Waals surface area contributed by atoms with Gasteiger partial charge in [0.25, 0.3) is 10.0 Å². The van der Waals surface area contributed by atoms with Gasteiger partial charge in [-0.1, -0.05) is 38.1 Å². The van der Waals surface area contributed by atoms with Gasteiger partial charge < -0.3 is 16.2 Å². The number of carbonyl (C=O) groups excluding carboxylic acids is 1. The molecule has 2 aromatic rings. The fourth-order valence-corrected chi connectivity index (χ4v) is 5.90. The highest BCUT2D eigenvalue weighted by Crippen LogP contribution is 2.41. The molecular formula is C23H26N4O6S2. The number of nitrogens with zero attached hydrogens (tertiary/aromatic N) is 1. The fourth-order valence-electron chi connectivity index (χ4n) is 4.19. The van der Waals surface area contributed by atoms with Gasteiger partial charge in [0.15, 0.2) is 11.6 Å². The van der Waals surface area contributed by atoms with Crippen LogP contribution in [0.3, 0.4) is 0 Å². The summed E-state index contributed by atoms with van der Waals surface area (Å²) in [7, 11) is -7.99. The number of fused-ring (bicyclic) bond motifs is 2. The zero-order chi connectivity index (χ0) is 25.8. The van der Waals surface area contributed by atoms with Crippen molar-refractivity contribution < 1.29 is 26.7 Å². The third-order valence-corrected chi connectivity index (χ3v) is 7.83. The van der Waals surface area contributed by atoms with E-state index in [0.29, 0.717) is 17.5 Å². The Balaban J connectivity index is 1.84. The van der Waals surface area contributed by atoms with Crippen LogP contribution < -0.4 is 15.8 Å². The molecule has 10 nitrogen and oxygen atoms in total. The zero-order valence-electron chi connectivity index (χ0n) is 19.4. The molecule has 0 saturated carbocycles. The molecule has 12 heteroatoms. The van der Waals surface area contributed by atoms with Gasteiger partial charge in [-0.05, 0) is 42.5 Å². The number of anilines is 2. The van der Waals surface area contributed by atoms with Crippen molar-refractivity contribution in [2.24, 2.45) is 16.0 Å². The van der Waals surface area contributed by atoms with Crippen LogP contribution in [0.15, 0.2) is 57.3 Å². The molecule has 2 aliphatic rings. The number of hydrogen-bond acceptors (Lipinski definition) is 8. The number of Topliss-reactive ketones (excluding diaryl/α,β-unsaturated/α-hetero) is 1. The highest BCUT2D eigenvalue weighted by Gasteiger charge is 2.47. The van der Waals surface area contributed by atoms with E-state index in [4.69, 9.17) is 5.73 Å². The number of nitrogens with one attached hydrogen (secondary N) is 2. The standard InChI is InChI=1S/C23H26N4O6S2/c1-13(2)10-11-23(24)16-7-5-4-6-15(16)20(28)19(21(23)29)22-25-17-9-8-14(26-34(3,30)31)12-18(17)35(32,33)27-22/h4-9,12-13,26,28H,10-11,24H2,1-3H3,(H,25,27)/t23-/m0/s1. The van der Waals surface area contributed by atoms with Crippen molar-refractivity contribution in [2.45, 2.75) is 37.1 Å². The van der Waals surface area contributed by atoms with E-state index >= 15 is 0 Å². The highest BCUT2D eigenvalue weighted by molar-refractivity contribution is 7.92. The molecule has 0 radical (unpaired) electrons. The van der Waals surface area contributed by atoms with Gasteiger partial charge in [0.2, 0.25) is 10.0 Å². The minimum atomic E-state index is -4.35. The first-order valence-electron chi connectivity index (χ1n) is 10.8. The Morgan fingerprint density at radius 3 is 2.54 bits per heavy atom. The van der Waals surface area contributed by atoms with Gasteiger partial charge in [0, 0.05) is 11.3 Å². The summed E-state index contributed by atoms with van der Waals surface area (Å²) in [5.74, 6) is -1.16. The minimum Gasteiger partial charge on any atom is -0.506 e. The van der Waals surface area contributed by atoms with Gasteiger partial charge in [-0.2, -0.15) is 8.42 Å². The van der Waals surface area contributed by atoms with E-state index in [2.05, 4.69) is 14.4 Å². The van der Waals surface area contributed by atoms with Crippen LogP contribution in [0.5, 0.6) is 0 Å². The maximum absolute atomic E-state index is 13.7. The number of aliphatic hydroxyl groups is 1. The number of aliphatic hydroxyl groups excluding tert-OH is 1. The summed E-state index contributed by atoms with van der Waals surface area (Å²) in [6.45, 7) is 4.00. The number of amidine groups is 1. The number of hydrogen-bond donors (Lipinski definition) is 4. The number of nitrogens with two attached hydrogens (primary N) is 1. The van der Waals surface area contributed by atoms with Crippen molar-refractivity contribution in [1.82, 2.24) is 0 Å². The molecule has 0 fully saturated rings. The van der Waals surface area contributed by atoms with Crippen LogP contribution in [0.1, 0.15) is 37.8 Å². The Labute approximate surface area is 204 Å². The Kier molecular flexibility index (Phi) is 6.02. The third kappa shape index (κ3) is 4.56. The Morgan fingerprint density at radius 2 is 1.89 bits per heavy atom. The van der Waals surface area contributed by atoms with Crippen LogP contribution in [0.25, 0.3) is 5.76 Å². The summed E-state index contributed by atoms with van der Waals surface area (Å²) in [6, 6.07) is 10.5. The molecule has 0 aromatic heterocycles. The summed E-state index contributed by atoms with van der Waals surface area (Å²) < 4.78 is 55.1. The Morgan fingerprint density at radius 1 is 1.20 bits per heavy atom. The first-order valence-corrected chi connectivity index (χ1v) is 14.2. The van der Waals surface area contributed by atoms with E-state index < -0.39 is 37.1 Å². The molecule has 1 heterocycles. The van der Waals surface area contributed by atoms with E-state index in [1.807, 2.05) is 13.8 Å². The van der Waals surface area contributed by atoms with Gasteiger partial charge in [0.1, 0.15) is 21.8 Å². The number of benzene rings is 2. The Bertz CT molecular complexity index is 1510. The lowest BCUT2D eigenvalue weighted by Crippen LogP contribution is -2.50. The van der Waals surface area contributed by atoms with Gasteiger partial charge in [-0.15, -0.1) is 4.40 Å². The summed E-state index contributed by atoms with van der Waals surface area (Å²) in [4.78, 5) is 13.5. The maximum Gasteiger partial charge on any atom is 0.286 e. The van der Waals surface area contributed by atoms with Crippen LogP contribution in [0.2, 0.25) is 0 Å². The van der Waals surface area contributed by atoms with Crippen LogP contribution in [-0.4, -0.2) is 39.8 Å². The molecule has 0 spiro atoms. The second-order valence-electron chi connectivity index (χ2n) is 9.13. The summed E-state index contributed by atoms with van der Waals surface area (Å²) in [5.41, 5.74) is 5.77. The van der Waals surface area contributed by atoms with Crippen molar-refractivity contribution in [2.75, 3.05) is 16.3 Å². The van der Waals surface area contributed by atoms with E-state index in [9.17, 15) is 26.7 Å². The number of carbonyl (C=O) groups is 1. The van der Waals surface area contributed by atoms with E-state index in [0.717, 1.165) is 12.3 Å². The van der Waals surface area contributed by atoms with Gasteiger partial charge >= 0.3 is 0 Å². The average molecular weight is 519 g/mol. The number of ketones is 1. The lowest BCUT2D eigenvalue weighted by molar-refractivity contribution is -0.120. The summed E-state index contributed by atoms with van der Waals surface area (Å²) >= 11 is 0. The molecule has 5 N–H and O–H groups in total. The smallest absolute Gasteiger partial charge is 0.286 e. The SMILES string of the molecule is CC(C)CC[C@@]1(N)C(=O)C(C2=NS(=O)(=O)c3cc(NS(C)(=O)=O)ccc3N2)=C(O)c2ccccc21. The molecule has 1 aliphatic carbocycles. The van der Waals surface area contributed by atoms with Crippen molar-refractivity contribution in [3.63, 3.8) is 0 Å². The van der Waals surface area contributed by atoms with Gasteiger partial charge in [0.05, 0.1) is 11.9 Å². The molecule has 0 bridgehead atoms. The normalized spacial score (nSPS) is 21.2. The van der Waals surface area contributed by atoms with Gasteiger partial charge in [-0.3, -0.25) is 9.52 Å². The third-order valence-electron chi connectivity index (χ3n) is 5.91. The zero-order valence-corrected chi connectivity index (χ0v) is 21.0. The van der Waals surface area contributed by atoms with E-state index in [1.54, 1.807) is 24.3 Å². The minimum absolute atomic E-state index is 0.0367. The first-order chi connectivity index (χ1) is 16.2. The lowest BCUT2D eigenvalue weighted by Gasteiger charge is -2.36. The molecule has 186 valence electrons. The summed E-state index contributed by atoms with van der Waals surface area (Å²) in [5, 5.41) is 13.9. The van der Waals surface area contributed by atoms with Crippen molar-refractivity contribution >= 4 is 48.8 Å². The van der Waals surface area contributed by atoms with Crippen LogP contribution in [0.4, 0.5) is 11.4 Å². The maximum atomic E-state index is 13.7. The second-order valence-corrected chi connectivity index (χ2v) is 12.4. The molecule has 1 atom stereocenters. The predicted octanol–water partition coefficient (Wildman–Crippen LogP) is 2.71. The van der Waals surface area contributed by atoms with Crippen LogP contribution in [0, 0.1) is 5.92 Å². The van der Waals surface area contributed by atoms with Crippen molar-refractivity contribution in [3.8, 4) is 0 Å². The highest BCUT2D eigenvalue weighted by atomic mass is 32.2. The number of sulfonamides is 2. The molecule has 4 rings (SSSR count). The predicted molar refractivity (Wildman–Crippen MR) is 134 cm³/mol. The Hall–Kier alpha value is -3.22. The molecule has 35 heavy (non-hydrogen) atoms. The average Bonchev–Trinajstić information content (AvgIpc) is 2.76. The molecule has 0 unspecified atom stereocenters. The van der Waals surface area contributed by atoms with E-state index in [-0.39, 0.29) is 40.0 Å². The molecule has 1 aliphatic heterocycles. The van der Waals surface area contributed by atoms with Crippen LogP contribution in [-0.2, 0) is 30.4 Å².